The highest BCUT2D eigenvalue weighted by Crippen LogP contribution is 2.14. The third-order valence-electron chi connectivity index (χ3n) is 3.15. The van der Waals surface area contributed by atoms with Crippen molar-refractivity contribution < 1.29 is 24.6 Å². The molecule has 2 amide bonds. The van der Waals surface area contributed by atoms with Gasteiger partial charge in [-0.3, -0.25) is 9.59 Å². The zero-order chi connectivity index (χ0) is 17.4. The van der Waals surface area contributed by atoms with Crippen LogP contribution in [-0.2, 0) is 19.5 Å². The highest BCUT2D eigenvalue weighted by molar-refractivity contribution is 5.91. The number of nitrogens with one attached hydrogen (secondary N) is 2. The van der Waals surface area contributed by atoms with Gasteiger partial charge in [0.15, 0.2) is 6.61 Å². The lowest BCUT2D eigenvalue weighted by Gasteiger charge is -2.22. The van der Waals surface area contributed by atoms with E-state index in [2.05, 4.69) is 10.6 Å². The zero-order valence-electron chi connectivity index (χ0n) is 13.1. The molecule has 2 atom stereocenters. The van der Waals surface area contributed by atoms with Crippen LogP contribution in [0.2, 0.25) is 0 Å². The lowest BCUT2D eigenvalue weighted by Crippen LogP contribution is -2.48. The van der Waals surface area contributed by atoms with Gasteiger partial charge in [-0.25, -0.2) is 9.90 Å². The summed E-state index contributed by atoms with van der Waals surface area (Å²) in [6.07, 6.45) is 0.262. The van der Waals surface area contributed by atoms with Crippen molar-refractivity contribution in [2.24, 2.45) is 5.92 Å². The van der Waals surface area contributed by atoms with E-state index < -0.39 is 36.5 Å². The number of aliphatic carboxylic acids is 1. The quantitative estimate of drug-likeness (QED) is 0.659. The Labute approximate surface area is 134 Å². The van der Waals surface area contributed by atoms with Crippen LogP contribution in [0.15, 0.2) is 30.3 Å². The molecule has 7 nitrogen and oxygen atoms in total. The van der Waals surface area contributed by atoms with Gasteiger partial charge in [-0.05, 0) is 17.9 Å². The van der Waals surface area contributed by atoms with Crippen molar-refractivity contribution in [3.05, 3.63) is 35.9 Å². The fourth-order valence-corrected chi connectivity index (χ4v) is 2.10. The Kier molecular flexibility index (Phi) is 7.21. The summed E-state index contributed by atoms with van der Waals surface area (Å²) < 4.78 is 0. The van der Waals surface area contributed by atoms with Crippen LogP contribution in [0.25, 0.3) is 0 Å². The van der Waals surface area contributed by atoms with Gasteiger partial charge in [0, 0.05) is 0 Å². The van der Waals surface area contributed by atoms with Crippen molar-refractivity contribution in [3.63, 3.8) is 0 Å². The van der Waals surface area contributed by atoms with Crippen LogP contribution in [0.4, 0.5) is 0 Å². The van der Waals surface area contributed by atoms with Gasteiger partial charge in [-0.1, -0.05) is 44.2 Å². The smallest absolute Gasteiger partial charge is 0.326 e. The van der Waals surface area contributed by atoms with Gasteiger partial charge in [-0.15, -0.1) is 0 Å². The minimum atomic E-state index is -1.14. The second kappa shape index (κ2) is 8.89. The van der Waals surface area contributed by atoms with E-state index >= 15 is 0 Å². The first-order valence-electron chi connectivity index (χ1n) is 7.30. The standard InChI is InChI=1S/C16H21N2O5/c1-10(2)8-12(16(22)23)17-15(21)14(18-13(20)9-19)11-6-4-3-5-7-11/h3-7,10,12,14H,8-9H2,1-2H3,(H,17,21)(H,18,20)(H,22,23)/t12-,14+/m0/s1. The molecule has 0 saturated carbocycles. The monoisotopic (exact) mass is 321 g/mol. The number of benzene rings is 1. The van der Waals surface area contributed by atoms with Crippen molar-refractivity contribution in [2.45, 2.75) is 32.4 Å². The van der Waals surface area contributed by atoms with Gasteiger partial charge in [0.1, 0.15) is 12.1 Å². The summed E-state index contributed by atoms with van der Waals surface area (Å²) in [4.78, 5) is 35.0. The van der Waals surface area contributed by atoms with Crippen molar-refractivity contribution >= 4 is 17.8 Å². The van der Waals surface area contributed by atoms with Crippen molar-refractivity contribution in [3.8, 4) is 0 Å². The summed E-state index contributed by atoms with van der Waals surface area (Å²) in [6, 6.07) is 6.18. The van der Waals surface area contributed by atoms with Gasteiger partial charge in [0.2, 0.25) is 11.8 Å². The molecule has 0 fully saturated rings. The summed E-state index contributed by atoms with van der Waals surface area (Å²) >= 11 is 0. The largest absolute Gasteiger partial charge is 0.480 e. The minimum absolute atomic E-state index is 0.0720. The van der Waals surface area contributed by atoms with E-state index in [1.165, 1.54) is 0 Å². The third-order valence-corrected chi connectivity index (χ3v) is 3.15. The molecule has 0 heterocycles. The van der Waals surface area contributed by atoms with Gasteiger partial charge in [0.05, 0.1) is 0 Å². The molecule has 0 spiro atoms. The van der Waals surface area contributed by atoms with Crippen LogP contribution in [0.1, 0.15) is 31.9 Å². The summed E-state index contributed by atoms with van der Waals surface area (Å²) in [5.41, 5.74) is 0.473. The van der Waals surface area contributed by atoms with Crippen molar-refractivity contribution in [1.29, 1.82) is 0 Å². The molecule has 0 aliphatic rings. The first-order chi connectivity index (χ1) is 10.8. The summed E-state index contributed by atoms with van der Waals surface area (Å²) in [5, 5.41) is 24.6. The maximum atomic E-state index is 12.4. The van der Waals surface area contributed by atoms with E-state index in [1.807, 2.05) is 13.8 Å². The van der Waals surface area contributed by atoms with E-state index in [0.29, 0.717) is 5.56 Å². The highest BCUT2D eigenvalue weighted by Gasteiger charge is 2.28. The van der Waals surface area contributed by atoms with E-state index in [-0.39, 0.29) is 12.3 Å². The number of carboxylic acids is 1. The maximum Gasteiger partial charge on any atom is 0.326 e. The molecule has 0 saturated heterocycles. The molecule has 23 heavy (non-hydrogen) atoms. The number of rotatable bonds is 8. The zero-order valence-corrected chi connectivity index (χ0v) is 13.1. The second-order valence-corrected chi connectivity index (χ2v) is 5.58. The summed E-state index contributed by atoms with van der Waals surface area (Å²) in [6.45, 7) is 2.68. The van der Waals surface area contributed by atoms with E-state index in [1.54, 1.807) is 30.3 Å². The molecular weight excluding hydrogens is 300 g/mol. The van der Waals surface area contributed by atoms with Gasteiger partial charge in [-0.2, -0.15) is 0 Å². The van der Waals surface area contributed by atoms with Crippen molar-refractivity contribution in [1.82, 2.24) is 10.6 Å². The molecule has 1 radical (unpaired) electrons. The minimum Gasteiger partial charge on any atom is -0.480 e. The second-order valence-electron chi connectivity index (χ2n) is 5.58. The van der Waals surface area contributed by atoms with E-state index in [0.717, 1.165) is 0 Å². The number of carbonyl (C=O) groups excluding carboxylic acids is 2. The van der Waals surface area contributed by atoms with Gasteiger partial charge in [0.25, 0.3) is 0 Å². The molecule has 1 aromatic rings. The predicted octanol–water partition coefficient (Wildman–Crippen LogP) is 0.890. The molecule has 125 valence electrons. The fourth-order valence-electron chi connectivity index (χ4n) is 2.10. The number of hydrogen-bond donors (Lipinski definition) is 3. The molecule has 0 aliphatic heterocycles. The Morgan fingerprint density at radius 1 is 1.09 bits per heavy atom. The third kappa shape index (κ3) is 6.07. The maximum absolute atomic E-state index is 12.4. The van der Waals surface area contributed by atoms with Gasteiger partial charge < -0.3 is 15.7 Å². The van der Waals surface area contributed by atoms with E-state index in [9.17, 15) is 24.6 Å². The number of carbonyl (C=O) groups is 3. The Bertz CT molecular complexity index is 545. The SMILES string of the molecule is CC(C)C[C@H](NC(=O)[C@H](NC(=O)C[O])c1ccccc1)C(=O)O. The molecule has 0 aliphatic carbocycles. The average molecular weight is 321 g/mol. The molecule has 7 heteroatoms. The molecule has 0 bridgehead atoms. The van der Waals surface area contributed by atoms with E-state index in [4.69, 9.17) is 0 Å². The molecule has 0 aromatic heterocycles. The molecule has 0 unspecified atom stereocenters. The number of carboxylic acid groups (broad SMARTS) is 1. The Balaban J connectivity index is 2.94. The number of hydrogen-bond acceptors (Lipinski definition) is 3. The Morgan fingerprint density at radius 3 is 2.17 bits per heavy atom. The fraction of sp³-hybridized carbons (Fsp3) is 0.438. The lowest BCUT2D eigenvalue weighted by atomic mass is 10.0. The molecule has 3 N–H and O–H groups in total. The van der Waals surface area contributed by atoms with Gasteiger partial charge >= 0.3 is 5.97 Å². The Hall–Kier alpha value is -2.41. The predicted molar refractivity (Wildman–Crippen MR) is 81.9 cm³/mol. The number of amides is 2. The first-order valence-corrected chi connectivity index (χ1v) is 7.30. The van der Waals surface area contributed by atoms with Crippen LogP contribution in [0.3, 0.4) is 0 Å². The summed E-state index contributed by atoms with van der Waals surface area (Å²) in [5.74, 6) is -2.56. The van der Waals surface area contributed by atoms with Crippen molar-refractivity contribution in [2.75, 3.05) is 6.61 Å². The van der Waals surface area contributed by atoms with Crippen LogP contribution in [-0.4, -0.2) is 35.5 Å². The topological polar surface area (TPSA) is 115 Å². The van der Waals surface area contributed by atoms with Crippen LogP contribution in [0, 0.1) is 5.92 Å². The average Bonchev–Trinajstić information content (AvgIpc) is 2.51. The van der Waals surface area contributed by atoms with Crippen LogP contribution in [0.5, 0.6) is 0 Å². The highest BCUT2D eigenvalue weighted by atomic mass is 16.4. The van der Waals surface area contributed by atoms with Crippen LogP contribution < -0.4 is 10.6 Å². The first kappa shape index (κ1) is 18.6. The molecule has 1 rings (SSSR count). The molecular formula is C16H21N2O5. The normalized spacial score (nSPS) is 13.2. The van der Waals surface area contributed by atoms with Crippen LogP contribution >= 0.6 is 0 Å². The summed E-state index contributed by atoms with van der Waals surface area (Å²) in [7, 11) is 0. The lowest BCUT2D eigenvalue weighted by molar-refractivity contribution is -0.142. The molecule has 1 aromatic carbocycles. The Morgan fingerprint density at radius 2 is 1.70 bits per heavy atom.